The van der Waals surface area contributed by atoms with E-state index in [2.05, 4.69) is 32.4 Å². The lowest BCUT2D eigenvalue weighted by Crippen LogP contribution is -2.36. The third-order valence-corrected chi connectivity index (χ3v) is 4.23. The molecule has 1 aliphatic rings. The number of piperidine rings is 1. The molecule has 6 heteroatoms. The van der Waals surface area contributed by atoms with Crippen molar-refractivity contribution in [3.05, 3.63) is 42.0 Å². The average molecular weight is 311 g/mol. The number of pyridine rings is 1. The third kappa shape index (κ3) is 3.83. The van der Waals surface area contributed by atoms with Crippen molar-refractivity contribution in [2.24, 2.45) is 0 Å². The lowest BCUT2D eigenvalue weighted by Gasteiger charge is -2.31. The number of aromatic nitrogens is 3. The van der Waals surface area contributed by atoms with E-state index in [1.54, 1.807) is 19.3 Å². The summed E-state index contributed by atoms with van der Waals surface area (Å²) in [5.41, 5.74) is 2.14. The van der Waals surface area contributed by atoms with Crippen molar-refractivity contribution in [3.8, 4) is 0 Å². The van der Waals surface area contributed by atoms with Gasteiger partial charge in [-0.3, -0.25) is 9.78 Å². The van der Waals surface area contributed by atoms with Crippen LogP contribution in [-0.2, 0) is 4.79 Å². The first-order valence-electron chi connectivity index (χ1n) is 7.89. The molecule has 3 rings (SSSR count). The van der Waals surface area contributed by atoms with Gasteiger partial charge in [-0.05, 0) is 43.4 Å². The maximum absolute atomic E-state index is 11.4. The van der Waals surface area contributed by atoms with Crippen LogP contribution < -0.4 is 5.32 Å². The molecule has 0 bridgehead atoms. The van der Waals surface area contributed by atoms with Crippen LogP contribution in [0.25, 0.3) is 0 Å². The zero-order valence-corrected chi connectivity index (χ0v) is 13.5. The molecule has 1 saturated heterocycles. The summed E-state index contributed by atoms with van der Waals surface area (Å²) >= 11 is 0. The summed E-state index contributed by atoms with van der Waals surface area (Å²) in [6.07, 6.45) is 7.23. The largest absolute Gasteiger partial charge is 0.343 e. The van der Waals surface area contributed by atoms with Gasteiger partial charge in [0, 0.05) is 26.2 Å². The quantitative estimate of drug-likeness (QED) is 0.943. The van der Waals surface area contributed by atoms with Crippen LogP contribution >= 0.6 is 0 Å². The topological polar surface area (TPSA) is 71.0 Å². The molecule has 6 nitrogen and oxygen atoms in total. The van der Waals surface area contributed by atoms with E-state index in [9.17, 15) is 4.79 Å². The van der Waals surface area contributed by atoms with Gasteiger partial charge >= 0.3 is 0 Å². The van der Waals surface area contributed by atoms with Crippen LogP contribution in [0.5, 0.6) is 0 Å². The number of rotatable bonds is 3. The van der Waals surface area contributed by atoms with Crippen LogP contribution in [0.2, 0.25) is 0 Å². The molecule has 0 saturated carbocycles. The van der Waals surface area contributed by atoms with E-state index in [0.29, 0.717) is 11.7 Å². The minimum absolute atomic E-state index is 0.165. The molecule has 0 radical (unpaired) electrons. The number of nitrogens with one attached hydrogen (secondary N) is 1. The fourth-order valence-electron chi connectivity index (χ4n) is 2.89. The Bertz CT molecular complexity index is 678. The summed E-state index contributed by atoms with van der Waals surface area (Å²) in [6.45, 7) is 5.20. The van der Waals surface area contributed by atoms with Crippen molar-refractivity contribution >= 4 is 17.5 Å². The summed E-state index contributed by atoms with van der Waals surface area (Å²) in [4.78, 5) is 26.2. The highest BCUT2D eigenvalue weighted by molar-refractivity contribution is 5.73. The SMILES string of the molecule is CC(=O)N1CCC(c2ccnc(Nc3cnc(C)cn3)c2)CC1. The highest BCUT2D eigenvalue weighted by Crippen LogP contribution is 2.29. The maximum atomic E-state index is 11.4. The summed E-state index contributed by atoms with van der Waals surface area (Å²) in [5.74, 6) is 2.10. The van der Waals surface area contributed by atoms with E-state index < -0.39 is 0 Å². The van der Waals surface area contributed by atoms with Gasteiger partial charge in [-0.2, -0.15) is 0 Å². The Morgan fingerprint density at radius 3 is 2.61 bits per heavy atom. The van der Waals surface area contributed by atoms with Gasteiger partial charge in [0.15, 0.2) is 0 Å². The number of carbonyl (C=O) groups is 1. The second-order valence-electron chi connectivity index (χ2n) is 5.92. The molecule has 0 aliphatic carbocycles. The Hall–Kier alpha value is -2.50. The molecule has 0 atom stereocenters. The second-order valence-corrected chi connectivity index (χ2v) is 5.92. The number of nitrogens with zero attached hydrogens (tertiary/aromatic N) is 4. The van der Waals surface area contributed by atoms with E-state index in [-0.39, 0.29) is 5.91 Å². The van der Waals surface area contributed by atoms with Gasteiger partial charge in [-0.25, -0.2) is 9.97 Å². The summed E-state index contributed by atoms with van der Waals surface area (Å²) in [5, 5.41) is 3.19. The highest BCUT2D eigenvalue weighted by Gasteiger charge is 2.22. The van der Waals surface area contributed by atoms with E-state index in [1.807, 2.05) is 18.0 Å². The zero-order chi connectivity index (χ0) is 16.2. The van der Waals surface area contributed by atoms with Crippen LogP contribution in [-0.4, -0.2) is 38.8 Å². The Balaban J connectivity index is 1.68. The maximum Gasteiger partial charge on any atom is 0.219 e. The van der Waals surface area contributed by atoms with Crippen molar-refractivity contribution < 1.29 is 4.79 Å². The van der Waals surface area contributed by atoms with Gasteiger partial charge in [-0.15, -0.1) is 0 Å². The van der Waals surface area contributed by atoms with Gasteiger partial charge in [0.1, 0.15) is 11.6 Å². The van der Waals surface area contributed by atoms with Crippen molar-refractivity contribution in [1.82, 2.24) is 19.9 Å². The van der Waals surface area contributed by atoms with Crippen LogP contribution in [0, 0.1) is 6.92 Å². The first kappa shape index (κ1) is 15.4. The standard InChI is InChI=1S/C17H21N5O/c1-12-10-20-17(11-19-12)21-16-9-15(3-6-18-16)14-4-7-22(8-5-14)13(2)23/h3,6,9-11,14H,4-5,7-8H2,1-2H3,(H,18,20,21). The van der Waals surface area contributed by atoms with Crippen LogP contribution in [0.4, 0.5) is 11.6 Å². The molecule has 3 heterocycles. The van der Waals surface area contributed by atoms with Gasteiger partial charge in [0.25, 0.3) is 0 Å². The summed E-state index contributed by atoms with van der Waals surface area (Å²) < 4.78 is 0. The van der Waals surface area contributed by atoms with Crippen molar-refractivity contribution in [2.45, 2.75) is 32.6 Å². The molecular weight excluding hydrogens is 290 g/mol. The number of hydrogen-bond acceptors (Lipinski definition) is 5. The number of amides is 1. The summed E-state index contributed by atoms with van der Waals surface area (Å²) in [6, 6.07) is 4.12. The van der Waals surface area contributed by atoms with Crippen LogP contribution in [0.15, 0.2) is 30.7 Å². The van der Waals surface area contributed by atoms with Crippen molar-refractivity contribution in [3.63, 3.8) is 0 Å². The monoisotopic (exact) mass is 311 g/mol. The molecule has 120 valence electrons. The number of carbonyl (C=O) groups excluding carboxylic acids is 1. The normalized spacial score (nSPS) is 15.5. The second kappa shape index (κ2) is 6.73. The predicted molar refractivity (Wildman–Crippen MR) is 88.5 cm³/mol. The molecule has 2 aromatic rings. The smallest absolute Gasteiger partial charge is 0.219 e. The van der Waals surface area contributed by atoms with E-state index in [4.69, 9.17) is 0 Å². The Kier molecular flexibility index (Phi) is 4.50. The van der Waals surface area contributed by atoms with Gasteiger partial charge in [0.2, 0.25) is 5.91 Å². The molecule has 1 amide bonds. The minimum Gasteiger partial charge on any atom is -0.343 e. The molecular formula is C17H21N5O. The average Bonchev–Trinajstić information content (AvgIpc) is 2.57. The Morgan fingerprint density at radius 1 is 1.17 bits per heavy atom. The van der Waals surface area contributed by atoms with Crippen LogP contribution in [0.1, 0.15) is 36.9 Å². The molecule has 0 aromatic carbocycles. The summed E-state index contributed by atoms with van der Waals surface area (Å²) in [7, 11) is 0. The Labute approximate surface area is 136 Å². The minimum atomic E-state index is 0.165. The molecule has 1 fully saturated rings. The fourth-order valence-corrected chi connectivity index (χ4v) is 2.89. The van der Waals surface area contributed by atoms with Crippen LogP contribution in [0.3, 0.4) is 0 Å². The first-order chi connectivity index (χ1) is 11.1. The van der Waals surface area contributed by atoms with E-state index in [0.717, 1.165) is 37.4 Å². The molecule has 0 spiro atoms. The molecule has 0 unspecified atom stereocenters. The Morgan fingerprint density at radius 2 is 1.96 bits per heavy atom. The van der Waals surface area contributed by atoms with Gasteiger partial charge in [-0.1, -0.05) is 0 Å². The number of hydrogen-bond donors (Lipinski definition) is 1. The fraction of sp³-hybridized carbons (Fsp3) is 0.412. The van der Waals surface area contributed by atoms with E-state index in [1.165, 1.54) is 5.56 Å². The highest BCUT2D eigenvalue weighted by atomic mass is 16.2. The van der Waals surface area contributed by atoms with E-state index >= 15 is 0 Å². The molecule has 1 N–H and O–H groups in total. The molecule has 1 aliphatic heterocycles. The predicted octanol–water partition coefficient (Wildman–Crippen LogP) is 2.65. The third-order valence-electron chi connectivity index (χ3n) is 4.23. The lowest BCUT2D eigenvalue weighted by molar-refractivity contribution is -0.129. The zero-order valence-electron chi connectivity index (χ0n) is 13.5. The lowest BCUT2D eigenvalue weighted by atomic mass is 9.90. The number of aryl methyl sites for hydroxylation is 1. The van der Waals surface area contributed by atoms with Gasteiger partial charge < -0.3 is 10.2 Å². The van der Waals surface area contributed by atoms with Gasteiger partial charge in [0.05, 0.1) is 18.1 Å². The first-order valence-corrected chi connectivity index (χ1v) is 7.89. The number of likely N-dealkylation sites (tertiary alicyclic amines) is 1. The number of anilines is 2. The molecule has 23 heavy (non-hydrogen) atoms. The van der Waals surface area contributed by atoms with Crippen molar-refractivity contribution in [2.75, 3.05) is 18.4 Å². The molecule has 2 aromatic heterocycles. The van der Waals surface area contributed by atoms with Crippen molar-refractivity contribution in [1.29, 1.82) is 0 Å².